The molecule has 0 aromatic heterocycles. The van der Waals surface area contributed by atoms with Gasteiger partial charge in [-0.2, -0.15) is 0 Å². The van der Waals surface area contributed by atoms with Crippen LogP contribution in [0.25, 0.3) is 0 Å². The smallest absolute Gasteiger partial charge is 0.251 e. The first-order valence-electron chi connectivity index (χ1n) is 10.2. The second-order valence-corrected chi connectivity index (χ2v) is 9.18. The van der Waals surface area contributed by atoms with E-state index in [4.69, 9.17) is 4.74 Å². The lowest BCUT2D eigenvalue weighted by Crippen LogP contribution is -2.53. The predicted molar refractivity (Wildman–Crippen MR) is 105 cm³/mol. The third kappa shape index (κ3) is 3.62. The number of hydrogen-bond donors (Lipinski definition) is 1. The lowest BCUT2D eigenvalue weighted by atomic mass is 9.54. The van der Waals surface area contributed by atoms with E-state index in [1.54, 1.807) is 0 Å². The Morgan fingerprint density at radius 1 is 1.12 bits per heavy atom. The van der Waals surface area contributed by atoms with Crippen molar-refractivity contribution in [1.82, 2.24) is 5.32 Å². The molecule has 0 aliphatic heterocycles. The molecular formula is C22H32N2O2. The van der Waals surface area contributed by atoms with Crippen molar-refractivity contribution in [3.8, 4) is 0 Å². The maximum absolute atomic E-state index is 12.4. The Hall–Kier alpha value is -1.55. The molecule has 0 saturated heterocycles. The summed E-state index contributed by atoms with van der Waals surface area (Å²) in [5, 5.41) is 3.05. The number of anilines is 1. The fourth-order valence-electron chi connectivity index (χ4n) is 5.89. The van der Waals surface area contributed by atoms with Gasteiger partial charge in [-0.05, 0) is 87.5 Å². The monoisotopic (exact) mass is 356 g/mol. The number of benzene rings is 1. The molecule has 4 nitrogen and oxygen atoms in total. The van der Waals surface area contributed by atoms with Gasteiger partial charge in [0.1, 0.15) is 0 Å². The molecule has 4 aliphatic rings. The van der Waals surface area contributed by atoms with E-state index in [0.717, 1.165) is 23.4 Å². The molecule has 4 aliphatic carbocycles. The van der Waals surface area contributed by atoms with Crippen LogP contribution in [-0.4, -0.2) is 38.3 Å². The summed E-state index contributed by atoms with van der Waals surface area (Å²) in [6.07, 6.45) is 8.07. The first kappa shape index (κ1) is 17.8. The highest BCUT2D eigenvalue weighted by atomic mass is 16.5. The van der Waals surface area contributed by atoms with Crippen LogP contribution >= 0.6 is 0 Å². The lowest BCUT2D eigenvalue weighted by Gasteiger charge is -2.57. The molecule has 1 N–H and O–H groups in total. The van der Waals surface area contributed by atoms with Crippen molar-refractivity contribution in [2.45, 2.75) is 57.2 Å². The van der Waals surface area contributed by atoms with Crippen LogP contribution in [0.15, 0.2) is 24.3 Å². The summed E-state index contributed by atoms with van der Waals surface area (Å²) in [6.45, 7) is 2.68. The lowest BCUT2D eigenvalue weighted by molar-refractivity contribution is -0.182. The van der Waals surface area contributed by atoms with Gasteiger partial charge in [0.05, 0.1) is 11.7 Å². The van der Waals surface area contributed by atoms with Crippen molar-refractivity contribution in [2.24, 2.45) is 17.8 Å². The summed E-state index contributed by atoms with van der Waals surface area (Å²) in [6, 6.07) is 7.72. The maximum atomic E-state index is 12.4. The predicted octanol–water partition coefficient (Wildman–Crippen LogP) is 3.86. The van der Waals surface area contributed by atoms with Crippen molar-refractivity contribution < 1.29 is 9.53 Å². The van der Waals surface area contributed by atoms with E-state index in [1.807, 2.05) is 43.3 Å². The molecule has 4 bridgehead atoms. The molecule has 1 amide bonds. The zero-order valence-electron chi connectivity index (χ0n) is 16.3. The van der Waals surface area contributed by atoms with E-state index in [2.05, 4.69) is 12.2 Å². The minimum atomic E-state index is -0.0173. The molecule has 0 radical (unpaired) electrons. The number of rotatable bonds is 6. The average Bonchev–Trinajstić information content (AvgIpc) is 2.58. The maximum Gasteiger partial charge on any atom is 0.251 e. The molecule has 142 valence electrons. The normalized spacial score (nSPS) is 33.1. The Balaban J connectivity index is 1.30. The van der Waals surface area contributed by atoms with Gasteiger partial charge >= 0.3 is 0 Å². The van der Waals surface area contributed by atoms with E-state index >= 15 is 0 Å². The zero-order chi connectivity index (χ0) is 18.3. The van der Waals surface area contributed by atoms with E-state index in [-0.39, 0.29) is 17.6 Å². The van der Waals surface area contributed by atoms with E-state index in [1.165, 1.54) is 38.5 Å². The number of nitrogens with zero attached hydrogens (tertiary/aromatic N) is 1. The van der Waals surface area contributed by atoms with Crippen molar-refractivity contribution in [3.63, 3.8) is 0 Å². The second-order valence-electron chi connectivity index (χ2n) is 9.18. The molecule has 0 heterocycles. The molecule has 26 heavy (non-hydrogen) atoms. The third-order valence-electron chi connectivity index (χ3n) is 6.63. The zero-order valence-corrected chi connectivity index (χ0v) is 16.3. The molecule has 1 aromatic carbocycles. The van der Waals surface area contributed by atoms with Gasteiger partial charge in [-0.3, -0.25) is 4.79 Å². The molecule has 0 spiro atoms. The average molecular weight is 357 g/mol. The standard InChI is InChI=1S/C22H32N2O2/c1-15(14-23-21(25)19-4-6-20(7-5-19)24(2)3)26-22-11-16-8-17(12-22)10-18(9-16)13-22/h4-7,15-18H,8-14H2,1-3H3,(H,23,25). The number of amides is 1. The Morgan fingerprint density at radius 2 is 1.65 bits per heavy atom. The molecule has 4 heteroatoms. The number of carbonyl (C=O) groups is 1. The highest BCUT2D eigenvalue weighted by Gasteiger charge is 2.52. The molecule has 1 atom stereocenters. The summed E-state index contributed by atoms with van der Waals surface area (Å²) in [4.78, 5) is 14.4. The molecule has 1 unspecified atom stereocenters. The van der Waals surface area contributed by atoms with Crippen LogP contribution in [0.2, 0.25) is 0 Å². The van der Waals surface area contributed by atoms with Crippen LogP contribution in [0.5, 0.6) is 0 Å². The fourth-order valence-corrected chi connectivity index (χ4v) is 5.89. The van der Waals surface area contributed by atoms with Crippen LogP contribution < -0.4 is 10.2 Å². The van der Waals surface area contributed by atoms with Gasteiger partial charge in [-0.25, -0.2) is 0 Å². The van der Waals surface area contributed by atoms with Crippen LogP contribution in [0, 0.1) is 17.8 Å². The fraction of sp³-hybridized carbons (Fsp3) is 0.682. The molecular weight excluding hydrogens is 324 g/mol. The Morgan fingerprint density at radius 3 is 2.15 bits per heavy atom. The first-order valence-corrected chi connectivity index (χ1v) is 10.2. The van der Waals surface area contributed by atoms with Gasteiger partial charge in [0.2, 0.25) is 0 Å². The van der Waals surface area contributed by atoms with Crippen LogP contribution in [-0.2, 0) is 4.74 Å². The van der Waals surface area contributed by atoms with Gasteiger partial charge in [-0.1, -0.05) is 0 Å². The van der Waals surface area contributed by atoms with E-state index in [0.29, 0.717) is 12.1 Å². The van der Waals surface area contributed by atoms with Crippen LogP contribution in [0.3, 0.4) is 0 Å². The van der Waals surface area contributed by atoms with Gasteiger partial charge in [0, 0.05) is 31.9 Å². The summed E-state index contributed by atoms with van der Waals surface area (Å²) >= 11 is 0. The van der Waals surface area contributed by atoms with Gasteiger partial charge in [-0.15, -0.1) is 0 Å². The minimum Gasteiger partial charge on any atom is -0.378 e. The topological polar surface area (TPSA) is 41.6 Å². The second kappa shape index (κ2) is 6.88. The molecule has 4 saturated carbocycles. The Labute approximate surface area is 157 Å². The van der Waals surface area contributed by atoms with Crippen molar-refractivity contribution in [2.75, 3.05) is 25.5 Å². The first-order chi connectivity index (χ1) is 12.4. The summed E-state index contributed by atoms with van der Waals surface area (Å²) < 4.78 is 6.57. The van der Waals surface area contributed by atoms with Gasteiger partial charge in [0.25, 0.3) is 5.91 Å². The molecule has 4 fully saturated rings. The third-order valence-corrected chi connectivity index (χ3v) is 6.63. The van der Waals surface area contributed by atoms with Crippen molar-refractivity contribution >= 4 is 11.6 Å². The van der Waals surface area contributed by atoms with E-state index in [9.17, 15) is 4.79 Å². The van der Waals surface area contributed by atoms with Crippen LogP contribution in [0.4, 0.5) is 5.69 Å². The van der Waals surface area contributed by atoms with Crippen molar-refractivity contribution in [3.05, 3.63) is 29.8 Å². The number of nitrogens with one attached hydrogen (secondary N) is 1. The number of ether oxygens (including phenoxy) is 1. The quantitative estimate of drug-likeness (QED) is 0.842. The highest BCUT2D eigenvalue weighted by molar-refractivity contribution is 5.94. The van der Waals surface area contributed by atoms with E-state index < -0.39 is 0 Å². The number of hydrogen-bond acceptors (Lipinski definition) is 3. The Bertz CT molecular complexity index is 617. The van der Waals surface area contributed by atoms with Gasteiger partial charge in [0.15, 0.2) is 0 Å². The highest BCUT2D eigenvalue weighted by Crippen LogP contribution is 2.57. The summed E-state index contributed by atoms with van der Waals surface area (Å²) in [7, 11) is 4.00. The Kier molecular flexibility index (Phi) is 4.72. The number of carbonyl (C=O) groups excluding carboxylic acids is 1. The molecule has 5 rings (SSSR count). The SMILES string of the molecule is CC(CNC(=O)c1ccc(N(C)C)cc1)OC12CC3CC(CC(C3)C1)C2. The summed E-state index contributed by atoms with van der Waals surface area (Å²) in [5.74, 6) is 2.64. The minimum absolute atomic E-state index is 0.0173. The summed E-state index contributed by atoms with van der Waals surface area (Å²) in [5.41, 5.74) is 1.91. The molecule has 1 aromatic rings. The largest absolute Gasteiger partial charge is 0.378 e. The van der Waals surface area contributed by atoms with Crippen molar-refractivity contribution in [1.29, 1.82) is 0 Å². The van der Waals surface area contributed by atoms with Crippen LogP contribution in [0.1, 0.15) is 55.8 Å². The van der Waals surface area contributed by atoms with Gasteiger partial charge < -0.3 is 15.0 Å².